The van der Waals surface area contributed by atoms with Crippen molar-refractivity contribution in [3.05, 3.63) is 102 Å². The van der Waals surface area contributed by atoms with Crippen LogP contribution in [-0.4, -0.2) is 79.7 Å². The van der Waals surface area contributed by atoms with Gasteiger partial charge in [-0.3, -0.25) is 9.69 Å². The predicted octanol–water partition coefficient (Wildman–Crippen LogP) is 4.79. The van der Waals surface area contributed by atoms with Gasteiger partial charge in [0.05, 0.1) is 39.3 Å². The van der Waals surface area contributed by atoms with Crippen molar-refractivity contribution in [3.63, 3.8) is 0 Å². The molecule has 0 saturated carbocycles. The van der Waals surface area contributed by atoms with Gasteiger partial charge in [0.2, 0.25) is 10.0 Å². The second-order valence-corrected chi connectivity index (χ2v) is 14.8. The summed E-state index contributed by atoms with van der Waals surface area (Å²) in [6, 6.07) is 20.4. The molecule has 4 unspecified atom stereocenters. The molecule has 2 heterocycles. The fourth-order valence-corrected chi connectivity index (χ4v) is 7.92. The minimum absolute atomic E-state index is 0.0420. The average Bonchev–Trinajstić information content (AvgIpc) is 3.73. The van der Waals surface area contributed by atoms with Crippen LogP contribution in [0.5, 0.6) is 0 Å². The number of ether oxygens (including phenoxy) is 1. The molecule has 1 aromatic heterocycles. The van der Waals surface area contributed by atoms with Crippen LogP contribution in [0.1, 0.15) is 36.2 Å². The molecule has 4 aromatic rings. The molecule has 3 N–H and O–H groups in total. The van der Waals surface area contributed by atoms with Gasteiger partial charge in [0.25, 0.3) is 5.91 Å². The number of rotatable bonds is 15. The molecule has 0 bridgehead atoms. The van der Waals surface area contributed by atoms with E-state index >= 15 is 0 Å². The van der Waals surface area contributed by atoms with Crippen LogP contribution >= 0.6 is 11.3 Å². The number of carbonyl (C=O) groups excluding carboxylic acids is 2. The molecule has 1 saturated heterocycles. The van der Waals surface area contributed by atoms with Gasteiger partial charge in [-0.1, -0.05) is 63.2 Å². The number of thiazole rings is 1. The number of nitrogens with zero attached hydrogens (tertiary/aromatic N) is 3. The van der Waals surface area contributed by atoms with Gasteiger partial charge in [-0.2, -0.15) is 4.31 Å². The Balaban J connectivity index is 1.37. The maximum atomic E-state index is 14.1. The Morgan fingerprint density at radius 1 is 1.15 bits per heavy atom. The largest absolute Gasteiger partial charge is 0.438 e. The highest BCUT2D eigenvalue weighted by molar-refractivity contribution is 7.89. The molecule has 4 atom stereocenters. The van der Waals surface area contributed by atoms with Gasteiger partial charge in [-0.25, -0.2) is 18.2 Å². The van der Waals surface area contributed by atoms with E-state index in [9.17, 15) is 23.1 Å². The number of aliphatic hydroxyl groups excluding tert-OH is 1. The highest BCUT2D eigenvalue weighted by Crippen LogP contribution is 2.27. The van der Waals surface area contributed by atoms with Crippen LogP contribution < -0.4 is 15.5 Å². The first-order chi connectivity index (χ1) is 23.0. The van der Waals surface area contributed by atoms with Gasteiger partial charge in [-0.15, -0.1) is 11.3 Å². The number of carbonyl (C=O) groups is 2. The van der Waals surface area contributed by atoms with Crippen molar-refractivity contribution in [2.75, 3.05) is 31.6 Å². The van der Waals surface area contributed by atoms with Gasteiger partial charge in [0, 0.05) is 37.1 Å². The zero-order valence-electron chi connectivity index (χ0n) is 27.2. The van der Waals surface area contributed by atoms with Crippen molar-refractivity contribution in [1.82, 2.24) is 19.9 Å². The van der Waals surface area contributed by atoms with Crippen LogP contribution in [-0.2, 0) is 21.2 Å². The van der Waals surface area contributed by atoms with Crippen molar-refractivity contribution in [2.45, 2.75) is 49.8 Å². The standard InChI is InChI=1S/C35H41N5O6S2/c1-5-23(2)19-39(48(44,45)28-14-15-29-33(18-28)47-22-37-29)20-31(41)30(16-25-10-7-6-8-11-25)38-24(3)32-21-40(35(43)46-32)27-13-9-12-26(17-27)34(42)36-4/h6-15,17-18,22-23,30-32,38,41H,3,5,16,19-21H2,1-2,4H3,(H,36,42). The number of hydrogen-bond donors (Lipinski definition) is 3. The number of anilines is 1. The number of fused-ring (bicyclic) bond motifs is 1. The Morgan fingerprint density at radius 2 is 1.92 bits per heavy atom. The van der Waals surface area contributed by atoms with Crippen LogP contribution in [0.15, 0.2) is 95.5 Å². The van der Waals surface area contributed by atoms with Crippen molar-refractivity contribution in [1.29, 1.82) is 0 Å². The van der Waals surface area contributed by atoms with Crippen LogP contribution in [0.4, 0.5) is 10.5 Å². The molecule has 0 aliphatic carbocycles. The predicted molar refractivity (Wildman–Crippen MR) is 187 cm³/mol. The molecule has 254 valence electrons. The number of aromatic nitrogens is 1. The number of cyclic esters (lactones) is 1. The Bertz CT molecular complexity index is 1870. The summed E-state index contributed by atoms with van der Waals surface area (Å²) in [5, 5.41) is 17.6. The van der Waals surface area contributed by atoms with Crippen molar-refractivity contribution in [2.24, 2.45) is 5.92 Å². The molecule has 5 rings (SSSR count). The second kappa shape index (κ2) is 15.3. The molecule has 0 spiro atoms. The second-order valence-electron chi connectivity index (χ2n) is 12.0. The fraction of sp³-hybridized carbons (Fsp3) is 0.343. The van der Waals surface area contributed by atoms with Gasteiger partial charge in [0.15, 0.2) is 6.10 Å². The highest BCUT2D eigenvalue weighted by atomic mass is 32.2. The summed E-state index contributed by atoms with van der Waals surface area (Å²) in [6.07, 6.45) is -1.42. The summed E-state index contributed by atoms with van der Waals surface area (Å²) < 4.78 is 35.9. The summed E-state index contributed by atoms with van der Waals surface area (Å²) in [6.45, 7) is 8.31. The number of benzene rings is 3. The zero-order valence-corrected chi connectivity index (χ0v) is 28.8. The van der Waals surface area contributed by atoms with Crippen LogP contribution in [0.25, 0.3) is 10.2 Å². The lowest BCUT2D eigenvalue weighted by atomic mass is 10.00. The molecular formula is C35H41N5O6S2. The molecule has 2 amide bonds. The molecule has 1 aliphatic heterocycles. The van der Waals surface area contributed by atoms with Crippen LogP contribution in [0, 0.1) is 5.92 Å². The highest BCUT2D eigenvalue weighted by Gasteiger charge is 2.37. The van der Waals surface area contributed by atoms with Gasteiger partial charge in [-0.05, 0) is 54.3 Å². The lowest BCUT2D eigenvalue weighted by Gasteiger charge is -2.32. The van der Waals surface area contributed by atoms with E-state index in [4.69, 9.17) is 4.74 Å². The number of nitrogens with one attached hydrogen (secondary N) is 2. The molecule has 13 heteroatoms. The number of amides is 2. The summed E-state index contributed by atoms with van der Waals surface area (Å²) in [7, 11) is -2.45. The van der Waals surface area contributed by atoms with E-state index in [0.29, 0.717) is 23.4 Å². The molecule has 1 aliphatic rings. The summed E-state index contributed by atoms with van der Waals surface area (Å²) in [4.78, 5) is 30.9. The smallest absolute Gasteiger partial charge is 0.415 e. The Hall–Kier alpha value is -4.30. The third kappa shape index (κ3) is 8.04. The molecule has 48 heavy (non-hydrogen) atoms. The molecule has 0 radical (unpaired) electrons. The van der Waals surface area contributed by atoms with E-state index in [0.717, 1.165) is 22.2 Å². The van der Waals surface area contributed by atoms with Gasteiger partial charge in [0.1, 0.15) is 0 Å². The lowest BCUT2D eigenvalue weighted by Crippen LogP contribution is -2.50. The number of sulfonamides is 1. The average molecular weight is 692 g/mol. The van der Waals surface area contributed by atoms with E-state index in [1.54, 1.807) is 48.0 Å². The quantitative estimate of drug-likeness (QED) is 0.162. The minimum atomic E-state index is -3.98. The summed E-state index contributed by atoms with van der Waals surface area (Å²) >= 11 is 1.37. The van der Waals surface area contributed by atoms with Crippen molar-refractivity contribution < 1.29 is 27.9 Å². The Labute approximate surface area is 285 Å². The maximum Gasteiger partial charge on any atom is 0.415 e. The topological polar surface area (TPSA) is 141 Å². The first kappa shape index (κ1) is 35.0. The van der Waals surface area contributed by atoms with E-state index in [1.807, 2.05) is 44.2 Å². The van der Waals surface area contributed by atoms with Crippen molar-refractivity contribution >= 4 is 49.3 Å². The normalized spacial score (nSPS) is 16.8. The molecule has 11 nitrogen and oxygen atoms in total. The van der Waals surface area contributed by atoms with E-state index in [2.05, 4.69) is 22.2 Å². The first-order valence-corrected chi connectivity index (χ1v) is 18.1. The fourth-order valence-electron chi connectivity index (χ4n) is 5.53. The molecule has 3 aromatic carbocycles. The van der Waals surface area contributed by atoms with Gasteiger partial charge < -0.3 is 20.5 Å². The van der Waals surface area contributed by atoms with Crippen LogP contribution in [0.2, 0.25) is 0 Å². The first-order valence-electron chi connectivity index (χ1n) is 15.8. The van der Waals surface area contributed by atoms with E-state index < -0.39 is 34.4 Å². The molecule has 1 fully saturated rings. The maximum absolute atomic E-state index is 14.1. The Kier molecular flexibility index (Phi) is 11.2. The molecular weight excluding hydrogens is 651 g/mol. The zero-order chi connectivity index (χ0) is 34.4. The van der Waals surface area contributed by atoms with Crippen LogP contribution in [0.3, 0.4) is 0 Å². The SMILES string of the molecule is C=C(NC(Cc1ccccc1)C(O)CN(CC(C)CC)S(=O)(=O)c1ccc2ncsc2c1)C1CN(c2cccc(C(=O)NC)c2)C(=O)O1. The summed E-state index contributed by atoms with van der Waals surface area (Å²) in [5.74, 6) is -0.237. The third-order valence-corrected chi connectivity index (χ3v) is 11.1. The van der Waals surface area contributed by atoms with E-state index in [1.165, 1.54) is 27.6 Å². The lowest BCUT2D eigenvalue weighted by molar-refractivity contribution is 0.0962. The Morgan fingerprint density at radius 3 is 2.65 bits per heavy atom. The minimum Gasteiger partial charge on any atom is -0.438 e. The van der Waals surface area contributed by atoms with Crippen molar-refractivity contribution in [3.8, 4) is 0 Å². The number of hydrogen-bond acceptors (Lipinski definition) is 9. The summed E-state index contributed by atoms with van der Waals surface area (Å²) in [5.41, 5.74) is 4.59. The number of aliphatic hydroxyl groups is 1. The third-order valence-electron chi connectivity index (χ3n) is 8.52. The van der Waals surface area contributed by atoms with Gasteiger partial charge >= 0.3 is 6.09 Å². The van der Waals surface area contributed by atoms with E-state index in [-0.39, 0.29) is 36.4 Å². The monoisotopic (exact) mass is 691 g/mol.